The molecule has 6 heteroatoms. The summed E-state index contributed by atoms with van der Waals surface area (Å²) < 4.78 is 15.2. The predicted molar refractivity (Wildman–Crippen MR) is 69.4 cm³/mol. The van der Waals surface area contributed by atoms with Gasteiger partial charge in [-0.15, -0.1) is 0 Å². The quantitative estimate of drug-likeness (QED) is 0.413. The molecule has 1 unspecified atom stereocenters. The number of ether oxygens (including phenoxy) is 3. The van der Waals surface area contributed by atoms with Crippen LogP contribution in [0.2, 0.25) is 0 Å². The molecule has 108 valence electrons. The molecule has 2 N–H and O–H groups in total. The third-order valence-corrected chi connectivity index (χ3v) is 2.47. The lowest BCUT2D eigenvalue weighted by Crippen LogP contribution is -2.45. The van der Waals surface area contributed by atoms with E-state index in [9.17, 15) is 4.79 Å². The van der Waals surface area contributed by atoms with Crippen molar-refractivity contribution in [1.29, 1.82) is 0 Å². The normalized spacial score (nSPS) is 12.7. The van der Waals surface area contributed by atoms with Crippen LogP contribution in [0.25, 0.3) is 0 Å². The molecule has 0 rings (SSSR count). The molecule has 0 amide bonds. The lowest BCUT2D eigenvalue weighted by molar-refractivity contribution is -0.142. The van der Waals surface area contributed by atoms with Crippen molar-refractivity contribution in [2.75, 3.05) is 53.2 Å². The number of carbonyl (C=O) groups is 1. The second kappa shape index (κ2) is 11.4. The summed E-state index contributed by atoms with van der Waals surface area (Å²) in [5.74, 6) is -0.396. The lowest BCUT2D eigenvalue weighted by Gasteiger charge is -2.24. The second-order valence-electron chi connectivity index (χ2n) is 3.82. The summed E-state index contributed by atoms with van der Waals surface area (Å²) in [5, 5.41) is 0. The zero-order valence-electron chi connectivity index (χ0n) is 11.7. The number of rotatable bonds is 11. The van der Waals surface area contributed by atoms with Crippen LogP contribution >= 0.6 is 0 Å². The maximum Gasteiger partial charge on any atom is 0.323 e. The first-order chi connectivity index (χ1) is 8.65. The van der Waals surface area contributed by atoms with Gasteiger partial charge in [-0.3, -0.25) is 9.69 Å². The topological polar surface area (TPSA) is 74.0 Å². The monoisotopic (exact) mass is 262 g/mol. The Morgan fingerprint density at radius 1 is 1.17 bits per heavy atom. The number of nitrogens with zero attached hydrogens (tertiary/aromatic N) is 1. The number of esters is 1. The van der Waals surface area contributed by atoms with Gasteiger partial charge in [0.1, 0.15) is 6.04 Å². The molecule has 0 aromatic rings. The van der Waals surface area contributed by atoms with Crippen LogP contribution in [0.3, 0.4) is 0 Å². The van der Waals surface area contributed by atoms with Gasteiger partial charge in [-0.05, 0) is 13.8 Å². The zero-order chi connectivity index (χ0) is 13.8. The summed E-state index contributed by atoms with van der Waals surface area (Å²) in [6.07, 6.45) is 0. The predicted octanol–water partition coefficient (Wildman–Crippen LogP) is -0.138. The minimum atomic E-state index is -0.627. The van der Waals surface area contributed by atoms with Crippen molar-refractivity contribution in [3.05, 3.63) is 0 Å². The molecular weight excluding hydrogens is 236 g/mol. The average molecular weight is 262 g/mol. The number of nitrogens with two attached hydrogens (primary N) is 1. The van der Waals surface area contributed by atoms with Gasteiger partial charge in [0.25, 0.3) is 0 Å². The number of hydrogen-bond donors (Lipinski definition) is 1. The molecule has 0 fully saturated rings. The van der Waals surface area contributed by atoms with Crippen LogP contribution in [0.15, 0.2) is 0 Å². The fraction of sp³-hybridized carbons (Fsp3) is 0.917. The Bertz CT molecular complexity index is 204. The number of carbonyl (C=O) groups excluding carboxylic acids is 1. The summed E-state index contributed by atoms with van der Waals surface area (Å²) >= 11 is 0. The van der Waals surface area contributed by atoms with E-state index in [0.717, 1.165) is 13.1 Å². The van der Waals surface area contributed by atoms with E-state index in [4.69, 9.17) is 15.2 Å². The molecule has 0 radical (unpaired) electrons. The third-order valence-electron chi connectivity index (χ3n) is 2.47. The Balaban J connectivity index is 4.05. The smallest absolute Gasteiger partial charge is 0.323 e. The van der Waals surface area contributed by atoms with Crippen molar-refractivity contribution in [1.82, 2.24) is 4.90 Å². The molecule has 6 nitrogen and oxygen atoms in total. The van der Waals surface area contributed by atoms with Crippen molar-refractivity contribution in [2.45, 2.75) is 19.9 Å². The summed E-state index contributed by atoms with van der Waals surface area (Å²) in [7, 11) is 1.34. The van der Waals surface area contributed by atoms with E-state index in [1.54, 1.807) is 0 Å². The molecular formula is C12H26N2O4. The molecule has 0 spiro atoms. The van der Waals surface area contributed by atoms with Crippen molar-refractivity contribution < 1.29 is 19.0 Å². The highest BCUT2D eigenvalue weighted by molar-refractivity contribution is 5.75. The Morgan fingerprint density at radius 3 is 2.06 bits per heavy atom. The first-order valence-electron chi connectivity index (χ1n) is 6.36. The number of methoxy groups -OCH3 is 1. The van der Waals surface area contributed by atoms with Gasteiger partial charge in [0, 0.05) is 32.8 Å². The van der Waals surface area contributed by atoms with Crippen LogP contribution in [0, 0.1) is 0 Å². The Morgan fingerprint density at radius 2 is 1.67 bits per heavy atom. The molecule has 0 aliphatic carbocycles. The molecule has 1 atom stereocenters. The first-order valence-corrected chi connectivity index (χ1v) is 6.36. The van der Waals surface area contributed by atoms with E-state index in [1.165, 1.54) is 7.11 Å². The van der Waals surface area contributed by atoms with Crippen molar-refractivity contribution in [3.63, 3.8) is 0 Å². The second-order valence-corrected chi connectivity index (χ2v) is 3.82. The highest BCUT2D eigenvalue weighted by atomic mass is 16.5. The summed E-state index contributed by atoms with van der Waals surface area (Å²) in [6, 6.07) is -0.627. The van der Waals surface area contributed by atoms with Crippen LogP contribution in [0.4, 0.5) is 0 Å². The molecule has 0 heterocycles. The Kier molecular flexibility index (Phi) is 11.0. The van der Waals surface area contributed by atoms with E-state index >= 15 is 0 Å². The largest absolute Gasteiger partial charge is 0.468 e. The Hall–Kier alpha value is -0.690. The lowest BCUT2D eigenvalue weighted by atomic mass is 10.3. The fourth-order valence-electron chi connectivity index (χ4n) is 1.47. The van der Waals surface area contributed by atoms with Gasteiger partial charge in [-0.2, -0.15) is 0 Å². The van der Waals surface area contributed by atoms with E-state index in [2.05, 4.69) is 4.74 Å². The average Bonchev–Trinajstić information content (AvgIpc) is 2.37. The molecule has 0 aliphatic rings. The van der Waals surface area contributed by atoms with Crippen LogP contribution in [-0.2, 0) is 19.0 Å². The highest BCUT2D eigenvalue weighted by Crippen LogP contribution is 1.94. The summed E-state index contributed by atoms with van der Waals surface area (Å²) in [4.78, 5) is 13.3. The molecule has 0 bridgehead atoms. The maximum absolute atomic E-state index is 11.3. The molecule has 0 saturated carbocycles. The van der Waals surface area contributed by atoms with Gasteiger partial charge in [-0.25, -0.2) is 0 Å². The summed E-state index contributed by atoms with van der Waals surface area (Å²) in [6.45, 7) is 8.41. The first kappa shape index (κ1) is 17.3. The van der Waals surface area contributed by atoms with Gasteiger partial charge in [0.05, 0.1) is 20.3 Å². The standard InChI is InChI=1S/C12H26N2O4/c1-4-17-8-6-14(7-9-18-5-2)10-11(13)12(15)16-3/h11H,4-10,13H2,1-3H3. The van der Waals surface area contributed by atoms with Gasteiger partial charge in [0.2, 0.25) is 0 Å². The van der Waals surface area contributed by atoms with E-state index in [0.29, 0.717) is 33.0 Å². The van der Waals surface area contributed by atoms with E-state index < -0.39 is 12.0 Å². The van der Waals surface area contributed by atoms with Crippen LogP contribution < -0.4 is 5.73 Å². The SMILES string of the molecule is CCOCCN(CCOCC)CC(N)C(=O)OC. The summed E-state index contributed by atoms with van der Waals surface area (Å²) in [5.41, 5.74) is 5.74. The molecule has 0 aromatic heterocycles. The maximum atomic E-state index is 11.3. The zero-order valence-corrected chi connectivity index (χ0v) is 11.7. The van der Waals surface area contributed by atoms with Crippen molar-refractivity contribution in [2.24, 2.45) is 5.73 Å². The number of hydrogen-bond acceptors (Lipinski definition) is 6. The fourth-order valence-corrected chi connectivity index (χ4v) is 1.47. The third kappa shape index (κ3) is 8.41. The van der Waals surface area contributed by atoms with Crippen molar-refractivity contribution >= 4 is 5.97 Å². The van der Waals surface area contributed by atoms with Gasteiger partial charge in [-0.1, -0.05) is 0 Å². The molecule has 0 saturated heterocycles. The van der Waals surface area contributed by atoms with Crippen LogP contribution in [-0.4, -0.2) is 70.1 Å². The van der Waals surface area contributed by atoms with Gasteiger partial charge < -0.3 is 19.9 Å². The van der Waals surface area contributed by atoms with Crippen LogP contribution in [0.1, 0.15) is 13.8 Å². The molecule has 0 aliphatic heterocycles. The molecule has 18 heavy (non-hydrogen) atoms. The minimum absolute atomic E-state index is 0.396. The minimum Gasteiger partial charge on any atom is -0.468 e. The highest BCUT2D eigenvalue weighted by Gasteiger charge is 2.17. The van der Waals surface area contributed by atoms with E-state index in [1.807, 2.05) is 18.7 Å². The Labute approximate surface area is 109 Å². The molecule has 0 aromatic carbocycles. The van der Waals surface area contributed by atoms with Gasteiger partial charge in [0.15, 0.2) is 0 Å². The van der Waals surface area contributed by atoms with Crippen molar-refractivity contribution in [3.8, 4) is 0 Å². The van der Waals surface area contributed by atoms with Gasteiger partial charge >= 0.3 is 5.97 Å². The van der Waals surface area contributed by atoms with E-state index in [-0.39, 0.29) is 0 Å². The van der Waals surface area contributed by atoms with Crippen LogP contribution in [0.5, 0.6) is 0 Å².